The van der Waals surface area contributed by atoms with Gasteiger partial charge in [0, 0.05) is 19.2 Å². The van der Waals surface area contributed by atoms with E-state index in [1.54, 1.807) is 0 Å². The summed E-state index contributed by atoms with van der Waals surface area (Å²) in [4.78, 5) is 2.63. The first-order chi connectivity index (χ1) is 9.33. The second-order valence-corrected chi connectivity index (χ2v) is 6.31. The number of rotatable bonds is 7. The Morgan fingerprint density at radius 1 is 1.21 bits per heavy atom. The van der Waals surface area contributed by atoms with E-state index in [1.165, 1.54) is 51.6 Å². The largest absolute Gasteiger partial charge is 0.377 e. The molecule has 0 bridgehead atoms. The molecule has 0 amide bonds. The van der Waals surface area contributed by atoms with Crippen molar-refractivity contribution in [1.29, 1.82) is 0 Å². The van der Waals surface area contributed by atoms with Gasteiger partial charge in [-0.2, -0.15) is 0 Å². The summed E-state index contributed by atoms with van der Waals surface area (Å²) in [6.07, 6.45) is 9.80. The molecule has 0 radical (unpaired) electrons. The van der Waals surface area contributed by atoms with Crippen LogP contribution in [0.3, 0.4) is 0 Å². The van der Waals surface area contributed by atoms with E-state index >= 15 is 0 Å². The number of ether oxygens (including phenoxy) is 1. The van der Waals surface area contributed by atoms with Crippen LogP contribution in [0.1, 0.15) is 51.9 Å². The Labute approximate surface area is 119 Å². The zero-order chi connectivity index (χ0) is 13.5. The van der Waals surface area contributed by atoms with Crippen molar-refractivity contribution in [1.82, 2.24) is 10.2 Å². The zero-order valence-corrected chi connectivity index (χ0v) is 12.9. The van der Waals surface area contributed by atoms with Crippen LogP contribution < -0.4 is 5.32 Å². The summed E-state index contributed by atoms with van der Waals surface area (Å²) < 4.78 is 5.92. The van der Waals surface area contributed by atoms with Crippen molar-refractivity contribution in [3.8, 4) is 0 Å². The lowest BCUT2D eigenvalue weighted by atomic mass is 9.98. The third-order valence-corrected chi connectivity index (χ3v) is 4.87. The van der Waals surface area contributed by atoms with Crippen LogP contribution in [0.2, 0.25) is 0 Å². The quantitative estimate of drug-likeness (QED) is 0.768. The Balaban J connectivity index is 1.67. The average Bonchev–Trinajstić information content (AvgIpc) is 2.91. The first kappa shape index (κ1) is 15.3. The van der Waals surface area contributed by atoms with Crippen LogP contribution in [-0.2, 0) is 4.74 Å². The van der Waals surface area contributed by atoms with E-state index in [1.807, 2.05) is 0 Å². The van der Waals surface area contributed by atoms with Crippen molar-refractivity contribution >= 4 is 0 Å². The minimum Gasteiger partial charge on any atom is -0.377 e. The summed E-state index contributed by atoms with van der Waals surface area (Å²) in [6.45, 7) is 6.84. The van der Waals surface area contributed by atoms with Crippen molar-refractivity contribution in [2.45, 2.75) is 64.0 Å². The van der Waals surface area contributed by atoms with E-state index in [0.717, 1.165) is 31.5 Å². The fraction of sp³-hybridized carbons (Fsp3) is 1.00. The Hall–Kier alpha value is -0.120. The maximum atomic E-state index is 5.92. The Morgan fingerprint density at radius 3 is 2.89 bits per heavy atom. The fourth-order valence-corrected chi connectivity index (χ4v) is 3.75. The van der Waals surface area contributed by atoms with E-state index in [-0.39, 0.29) is 0 Å². The van der Waals surface area contributed by atoms with Gasteiger partial charge in [-0.1, -0.05) is 13.3 Å². The normalized spacial score (nSPS) is 32.8. The molecule has 19 heavy (non-hydrogen) atoms. The molecule has 1 saturated heterocycles. The topological polar surface area (TPSA) is 24.5 Å². The number of hydrogen-bond acceptors (Lipinski definition) is 3. The van der Waals surface area contributed by atoms with Gasteiger partial charge in [0.2, 0.25) is 0 Å². The van der Waals surface area contributed by atoms with Crippen molar-refractivity contribution in [3.63, 3.8) is 0 Å². The summed E-state index contributed by atoms with van der Waals surface area (Å²) in [7, 11) is 2.12. The lowest BCUT2D eigenvalue weighted by Gasteiger charge is -2.33. The van der Waals surface area contributed by atoms with Crippen molar-refractivity contribution < 1.29 is 4.74 Å². The summed E-state index contributed by atoms with van der Waals surface area (Å²) in [5.41, 5.74) is 0. The summed E-state index contributed by atoms with van der Waals surface area (Å²) >= 11 is 0. The molecule has 0 spiro atoms. The third-order valence-electron chi connectivity index (χ3n) is 4.87. The van der Waals surface area contributed by atoms with Crippen LogP contribution in [0.15, 0.2) is 0 Å². The number of likely N-dealkylation sites (tertiary alicyclic amines) is 1. The predicted octanol–water partition coefficient (Wildman–Crippen LogP) is 2.66. The zero-order valence-electron chi connectivity index (χ0n) is 12.9. The monoisotopic (exact) mass is 268 g/mol. The standard InChI is InChI=1S/C16H32N2O/c1-3-12-19-15-7-5-10-18(13-15)11-9-14-6-4-8-16(14)17-2/h14-17H,3-13H2,1-2H3. The average molecular weight is 268 g/mol. The van der Waals surface area contributed by atoms with Crippen molar-refractivity contribution in [2.75, 3.05) is 33.3 Å². The Kier molecular flexibility index (Phi) is 6.62. The van der Waals surface area contributed by atoms with Crippen LogP contribution in [0.5, 0.6) is 0 Å². The van der Waals surface area contributed by atoms with Gasteiger partial charge in [-0.05, 0) is 64.6 Å². The molecule has 2 rings (SSSR count). The highest BCUT2D eigenvalue weighted by molar-refractivity contribution is 4.83. The van der Waals surface area contributed by atoms with E-state index in [4.69, 9.17) is 4.74 Å². The minimum absolute atomic E-state index is 0.498. The number of piperidine rings is 1. The molecule has 3 heteroatoms. The molecular weight excluding hydrogens is 236 g/mol. The van der Waals surface area contributed by atoms with Gasteiger partial charge >= 0.3 is 0 Å². The van der Waals surface area contributed by atoms with E-state index in [9.17, 15) is 0 Å². The highest BCUT2D eigenvalue weighted by atomic mass is 16.5. The van der Waals surface area contributed by atoms with Gasteiger partial charge in [-0.25, -0.2) is 0 Å². The molecule has 112 valence electrons. The van der Waals surface area contributed by atoms with Gasteiger partial charge in [0.25, 0.3) is 0 Å². The molecule has 1 aliphatic heterocycles. The Bertz CT molecular complexity index is 247. The lowest BCUT2D eigenvalue weighted by Crippen LogP contribution is -2.41. The minimum atomic E-state index is 0.498. The van der Waals surface area contributed by atoms with Crippen LogP contribution in [0.4, 0.5) is 0 Å². The summed E-state index contributed by atoms with van der Waals surface area (Å²) in [6, 6.07) is 0.775. The molecule has 3 atom stereocenters. The molecule has 1 aliphatic carbocycles. The first-order valence-corrected chi connectivity index (χ1v) is 8.34. The summed E-state index contributed by atoms with van der Waals surface area (Å²) in [5, 5.41) is 3.50. The maximum absolute atomic E-state index is 5.92. The maximum Gasteiger partial charge on any atom is 0.0702 e. The van der Waals surface area contributed by atoms with E-state index in [0.29, 0.717) is 6.10 Å². The molecule has 0 aromatic carbocycles. The van der Waals surface area contributed by atoms with Crippen LogP contribution >= 0.6 is 0 Å². The second-order valence-electron chi connectivity index (χ2n) is 6.31. The third kappa shape index (κ3) is 4.73. The second kappa shape index (κ2) is 8.23. The highest BCUT2D eigenvalue weighted by Crippen LogP contribution is 2.28. The predicted molar refractivity (Wildman–Crippen MR) is 80.5 cm³/mol. The number of nitrogens with zero attached hydrogens (tertiary/aromatic N) is 1. The fourth-order valence-electron chi connectivity index (χ4n) is 3.75. The number of hydrogen-bond donors (Lipinski definition) is 1. The summed E-state index contributed by atoms with van der Waals surface area (Å²) in [5.74, 6) is 0.905. The van der Waals surface area contributed by atoms with Gasteiger partial charge in [0.05, 0.1) is 6.10 Å². The van der Waals surface area contributed by atoms with Gasteiger partial charge < -0.3 is 15.0 Å². The molecular formula is C16H32N2O. The SMILES string of the molecule is CCCOC1CCCN(CCC2CCCC2NC)C1. The molecule has 2 aliphatic rings. The molecule has 1 saturated carbocycles. The first-order valence-electron chi connectivity index (χ1n) is 8.34. The van der Waals surface area contributed by atoms with Crippen LogP contribution in [-0.4, -0.2) is 50.3 Å². The van der Waals surface area contributed by atoms with Crippen molar-refractivity contribution in [3.05, 3.63) is 0 Å². The lowest BCUT2D eigenvalue weighted by molar-refractivity contribution is -0.00139. The Morgan fingerprint density at radius 2 is 2.11 bits per heavy atom. The smallest absolute Gasteiger partial charge is 0.0702 e. The van der Waals surface area contributed by atoms with Crippen LogP contribution in [0, 0.1) is 5.92 Å². The van der Waals surface area contributed by atoms with Gasteiger partial charge in [0.1, 0.15) is 0 Å². The van der Waals surface area contributed by atoms with E-state index < -0.39 is 0 Å². The molecule has 2 fully saturated rings. The van der Waals surface area contributed by atoms with Gasteiger partial charge in [0.15, 0.2) is 0 Å². The molecule has 3 nitrogen and oxygen atoms in total. The van der Waals surface area contributed by atoms with Crippen LogP contribution in [0.25, 0.3) is 0 Å². The molecule has 3 unspecified atom stereocenters. The van der Waals surface area contributed by atoms with E-state index in [2.05, 4.69) is 24.2 Å². The molecule has 1 N–H and O–H groups in total. The van der Waals surface area contributed by atoms with Gasteiger partial charge in [-0.3, -0.25) is 0 Å². The highest BCUT2D eigenvalue weighted by Gasteiger charge is 2.27. The molecule has 1 heterocycles. The number of nitrogens with one attached hydrogen (secondary N) is 1. The molecule has 0 aromatic rings. The van der Waals surface area contributed by atoms with Crippen molar-refractivity contribution in [2.24, 2.45) is 5.92 Å². The molecule has 0 aromatic heterocycles. The van der Waals surface area contributed by atoms with Gasteiger partial charge in [-0.15, -0.1) is 0 Å².